The molecule has 0 aliphatic heterocycles. The lowest BCUT2D eigenvalue weighted by molar-refractivity contribution is -0.276. The van der Waals surface area contributed by atoms with E-state index in [1.807, 2.05) is 0 Å². The summed E-state index contributed by atoms with van der Waals surface area (Å²) in [5.74, 6) is -3.33. The molecule has 0 N–H and O–H groups in total. The van der Waals surface area contributed by atoms with Gasteiger partial charge in [0.15, 0.2) is 17.3 Å². The zero-order valence-corrected chi connectivity index (χ0v) is 8.43. The Morgan fingerprint density at radius 1 is 1.39 bits per heavy atom. The van der Waals surface area contributed by atoms with Gasteiger partial charge in [0.2, 0.25) is 0 Å². The quantitative estimate of drug-likeness (QED) is 0.793. The van der Waals surface area contributed by atoms with Crippen LogP contribution in [0, 0.1) is 17.1 Å². The third-order valence-electron chi connectivity index (χ3n) is 1.69. The van der Waals surface area contributed by atoms with Crippen molar-refractivity contribution in [3.63, 3.8) is 0 Å². The lowest BCUT2D eigenvalue weighted by Gasteiger charge is -2.13. The SMILES string of the molecule is N#CCc1cc(F)c(OC(F)(F)F)c(C(F)F)n1. The van der Waals surface area contributed by atoms with Gasteiger partial charge in [-0.2, -0.15) is 5.26 Å². The zero-order chi connectivity index (χ0) is 13.9. The van der Waals surface area contributed by atoms with Gasteiger partial charge in [-0.25, -0.2) is 18.2 Å². The van der Waals surface area contributed by atoms with E-state index in [4.69, 9.17) is 5.26 Å². The first kappa shape index (κ1) is 14.1. The first-order chi connectivity index (χ1) is 8.24. The van der Waals surface area contributed by atoms with Crippen molar-refractivity contribution in [1.82, 2.24) is 4.98 Å². The lowest BCUT2D eigenvalue weighted by atomic mass is 10.2. The van der Waals surface area contributed by atoms with E-state index < -0.39 is 42.2 Å². The fraction of sp³-hybridized carbons (Fsp3) is 0.333. The second kappa shape index (κ2) is 5.12. The monoisotopic (exact) mass is 270 g/mol. The standard InChI is InChI=1S/C9H4F6N2O/c10-5-3-4(1-2-16)17-6(8(11)12)7(5)18-9(13,14)15/h3,8H,1H2. The molecular weight excluding hydrogens is 266 g/mol. The number of nitriles is 1. The molecule has 1 heterocycles. The number of hydrogen-bond donors (Lipinski definition) is 0. The summed E-state index contributed by atoms with van der Waals surface area (Å²) in [5.41, 5.74) is -1.89. The Hall–Kier alpha value is -1.98. The fourth-order valence-corrected chi connectivity index (χ4v) is 1.11. The van der Waals surface area contributed by atoms with Gasteiger partial charge >= 0.3 is 6.36 Å². The van der Waals surface area contributed by atoms with E-state index in [9.17, 15) is 26.3 Å². The summed E-state index contributed by atoms with van der Waals surface area (Å²) in [6, 6.07) is 1.95. The number of rotatable bonds is 3. The summed E-state index contributed by atoms with van der Waals surface area (Å²) >= 11 is 0. The van der Waals surface area contributed by atoms with Crippen molar-refractivity contribution < 1.29 is 31.1 Å². The van der Waals surface area contributed by atoms with Crippen LogP contribution in [0.5, 0.6) is 5.75 Å². The summed E-state index contributed by atoms with van der Waals surface area (Å²) < 4.78 is 77.0. The van der Waals surface area contributed by atoms with Crippen molar-refractivity contribution in [2.75, 3.05) is 0 Å². The molecule has 9 heteroatoms. The van der Waals surface area contributed by atoms with Crippen LogP contribution in [0.4, 0.5) is 26.3 Å². The maximum atomic E-state index is 13.2. The minimum Gasteiger partial charge on any atom is -0.400 e. The summed E-state index contributed by atoms with van der Waals surface area (Å²) in [5, 5.41) is 8.28. The number of aromatic nitrogens is 1. The predicted octanol–water partition coefficient (Wildman–Crippen LogP) is 3.12. The largest absolute Gasteiger partial charge is 0.573 e. The van der Waals surface area contributed by atoms with E-state index >= 15 is 0 Å². The Labute approximate surface area is 96.6 Å². The van der Waals surface area contributed by atoms with Gasteiger partial charge in [-0.3, -0.25) is 0 Å². The normalized spacial score (nSPS) is 11.4. The van der Waals surface area contributed by atoms with Gasteiger partial charge in [-0.1, -0.05) is 0 Å². The Kier molecular flexibility index (Phi) is 4.00. The molecule has 0 fully saturated rings. The van der Waals surface area contributed by atoms with Gasteiger partial charge in [0.05, 0.1) is 18.2 Å². The highest BCUT2D eigenvalue weighted by molar-refractivity contribution is 5.33. The Morgan fingerprint density at radius 3 is 2.44 bits per heavy atom. The van der Waals surface area contributed by atoms with Crippen LogP contribution in [-0.2, 0) is 6.42 Å². The number of halogens is 6. The van der Waals surface area contributed by atoms with Crippen molar-refractivity contribution in [3.05, 3.63) is 23.3 Å². The molecule has 0 bridgehead atoms. The maximum Gasteiger partial charge on any atom is 0.573 e. The smallest absolute Gasteiger partial charge is 0.400 e. The minimum atomic E-state index is -5.32. The van der Waals surface area contributed by atoms with Crippen molar-refractivity contribution in [1.29, 1.82) is 5.26 Å². The van der Waals surface area contributed by atoms with Crippen LogP contribution in [-0.4, -0.2) is 11.3 Å². The first-order valence-electron chi connectivity index (χ1n) is 4.34. The summed E-state index contributed by atoms with van der Waals surface area (Å²) in [6.45, 7) is 0. The second-order valence-electron chi connectivity index (χ2n) is 2.99. The van der Waals surface area contributed by atoms with Crippen molar-refractivity contribution in [2.45, 2.75) is 19.2 Å². The van der Waals surface area contributed by atoms with E-state index in [1.165, 1.54) is 6.07 Å². The summed E-state index contributed by atoms with van der Waals surface area (Å²) in [6.07, 6.45) is -9.29. The average molecular weight is 270 g/mol. The second-order valence-corrected chi connectivity index (χ2v) is 2.99. The molecule has 0 radical (unpaired) electrons. The van der Waals surface area contributed by atoms with Gasteiger partial charge in [0.25, 0.3) is 6.43 Å². The minimum absolute atomic E-state index is 0.403. The molecule has 98 valence electrons. The molecule has 0 aliphatic carbocycles. The van der Waals surface area contributed by atoms with Gasteiger partial charge in [0.1, 0.15) is 0 Å². The van der Waals surface area contributed by atoms with Crippen LogP contribution in [0.15, 0.2) is 6.07 Å². The number of ether oxygens (including phenoxy) is 1. The van der Waals surface area contributed by atoms with Crippen molar-refractivity contribution in [3.8, 4) is 11.8 Å². The summed E-state index contributed by atoms with van der Waals surface area (Å²) in [4.78, 5) is 3.07. The lowest BCUT2D eigenvalue weighted by Crippen LogP contribution is -2.20. The third kappa shape index (κ3) is 3.51. The number of pyridine rings is 1. The zero-order valence-electron chi connectivity index (χ0n) is 8.43. The molecule has 0 aromatic carbocycles. The van der Waals surface area contributed by atoms with Crippen LogP contribution in [0.3, 0.4) is 0 Å². The van der Waals surface area contributed by atoms with Crippen LogP contribution in [0.1, 0.15) is 17.8 Å². The molecule has 0 aliphatic rings. The molecule has 18 heavy (non-hydrogen) atoms. The van der Waals surface area contributed by atoms with E-state index in [2.05, 4.69) is 9.72 Å². The number of alkyl halides is 5. The van der Waals surface area contributed by atoms with Crippen LogP contribution in [0.2, 0.25) is 0 Å². The van der Waals surface area contributed by atoms with Crippen LogP contribution >= 0.6 is 0 Å². The highest BCUT2D eigenvalue weighted by atomic mass is 19.4. The molecule has 0 spiro atoms. The molecule has 0 unspecified atom stereocenters. The predicted molar refractivity (Wildman–Crippen MR) is 45.2 cm³/mol. The summed E-state index contributed by atoms with van der Waals surface area (Å²) in [7, 11) is 0. The van der Waals surface area contributed by atoms with Gasteiger partial charge in [-0.15, -0.1) is 13.2 Å². The van der Waals surface area contributed by atoms with Crippen molar-refractivity contribution in [2.24, 2.45) is 0 Å². The fourth-order valence-electron chi connectivity index (χ4n) is 1.11. The van der Waals surface area contributed by atoms with Crippen molar-refractivity contribution >= 4 is 0 Å². The van der Waals surface area contributed by atoms with Gasteiger partial charge in [0, 0.05) is 6.07 Å². The highest BCUT2D eigenvalue weighted by Gasteiger charge is 2.35. The number of nitrogens with zero attached hydrogens (tertiary/aromatic N) is 2. The Morgan fingerprint density at radius 2 is 2.00 bits per heavy atom. The highest BCUT2D eigenvalue weighted by Crippen LogP contribution is 2.34. The van der Waals surface area contributed by atoms with E-state index in [0.29, 0.717) is 6.07 Å². The molecular formula is C9H4F6N2O. The molecule has 0 atom stereocenters. The molecule has 0 saturated heterocycles. The number of hydrogen-bond acceptors (Lipinski definition) is 3. The van der Waals surface area contributed by atoms with Gasteiger partial charge < -0.3 is 4.74 Å². The van der Waals surface area contributed by atoms with Crippen LogP contribution in [0.25, 0.3) is 0 Å². The van der Waals surface area contributed by atoms with E-state index in [0.717, 1.165) is 0 Å². The molecule has 1 aromatic rings. The van der Waals surface area contributed by atoms with Crippen LogP contribution < -0.4 is 4.74 Å². The average Bonchev–Trinajstić information content (AvgIpc) is 2.20. The Balaban J connectivity index is 3.28. The Bertz CT molecular complexity index is 479. The molecule has 1 rings (SSSR count). The van der Waals surface area contributed by atoms with Gasteiger partial charge in [-0.05, 0) is 0 Å². The molecule has 1 aromatic heterocycles. The topological polar surface area (TPSA) is 45.9 Å². The molecule has 0 saturated carbocycles. The molecule has 3 nitrogen and oxygen atoms in total. The van der Waals surface area contributed by atoms with E-state index in [1.54, 1.807) is 0 Å². The molecule has 0 amide bonds. The maximum absolute atomic E-state index is 13.2. The third-order valence-corrected chi connectivity index (χ3v) is 1.69. The van der Waals surface area contributed by atoms with E-state index in [-0.39, 0.29) is 0 Å². The first-order valence-corrected chi connectivity index (χ1v) is 4.34.